The van der Waals surface area contributed by atoms with Crippen molar-refractivity contribution in [3.63, 3.8) is 0 Å². The van der Waals surface area contributed by atoms with Crippen molar-refractivity contribution in [1.29, 1.82) is 0 Å². The number of methoxy groups -OCH3 is 1. The summed E-state index contributed by atoms with van der Waals surface area (Å²) < 4.78 is 10.4. The summed E-state index contributed by atoms with van der Waals surface area (Å²) in [4.78, 5) is 24.2. The van der Waals surface area contributed by atoms with Gasteiger partial charge in [0.05, 0.1) is 7.11 Å². The second-order valence-corrected chi connectivity index (χ2v) is 6.16. The highest BCUT2D eigenvalue weighted by atomic mass is 16.5. The number of hydrogen-bond donors (Lipinski definition) is 0. The van der Waals surface area contributed by atoms with Crippen LogP contribution in [-0.4, -0.2) is 18.9 Å². The lowest BCUT2D eigenvalue weighted by Crippen LogP contribution is -2.04. The van der Waals surface area contributed by atoms with E-state index in [0.717, 1.165) is 16.9 Å². The van der Waals surface area contributed by atoms with Gasteiger partial charge in [0.15, 0.2) is 5.78 Å². The quantitative estimate of drug-likeness (QED) is 0.243. The molecule has 0 spiro atoms. The smallest absolute Gasteiger partial charge is 0.336 e. The third-order valence-electron chi connectivity index (χ3n) is 4.09. The first-order valence-electron chi connectivity index (χ1n) is 9.05. The predicted molar refractivity (Wildman–Crippen MR) is 114 cm³/mol. The van der Waals surface area contributed by atoms with Gasteiger partial charge in [-0.2, -0.15) is 0 Å². The zero-order chi connectivity index (χ0) is 20.5. The van der Waals surface area contributed by atoms with Crippen LogP contribution in [0, 0.1) is 0 Å². The van der Waals surface area contributed by atoms with Gasteiger partial charge in [0.1, 0.15) is 11.5 Å². The van der Waals surface area contributed by atoms with Crippen molar-refractivity contribution in [3.05, 3.63) is 108 Å². The molecule has 0 aliphatic heterocycles. The van der Waals surface area contributed by atoms with Crippen molar-refractivity contribution in [2.45, 2.75) is 0 Å². The van der Waals surface area contributed by atoms with Crippen molar-refractivity contribution < 1.29 is 19.1 Å². The average Bonchev–Trinajstić information content (AvgIpc) is 2.77. The van der Waals surface area contributed by atoms with Crippen molar-refractivity contribution in [1.82, 2.24) is 0 Å². The van der Waals surface area contributed by atoms with Crippen molar-refractivity contribution >= 4 is 23.9 Å². The van der Waals surface area contributed by atoms with Crippen molar-refractivity contribution in [2.24, 2.45) is 0 Å². The van der Waals surface area contributed by atoms with Gasteiger partial charge in [-0.25, -0.2) is 4.79 Å². The van der Waals surface area contributed by atoms with Crippen LogP contribution in [0.15, 0.2) is 91.0 Å². The van der Waals surface area contributed by atoms with Crippen LogP contribution >= 0.6 is 0 Å². The summed E-state index contributed by atoms with van der Waals surface area (Å²) in [6.45, 7) is 0. The molecule has 4 nitrogen and oxygen atoms in total. The number of benzene rings is 3. The Labute approximate surface area is 169 Å². The fraction of sp³-hybridized carbons (Fsp3) is 0.0400. The van der Waals surface area contributed by atoms with Gasteiger partial charge >= 0.3 is 5.97 Å². The maximum absolute atomic E-state index is 12.3. The molecule has 0 unspecified atom stereocenters. The molecule has 0 heterocycles. The molecule has 0 amide bonds. The van der Waals surface area contributed by atoms with Gasteiger partial charge in [0.25, 0.3) is 0 Å². The van der Waals surface area contributed by atoms with Gasteiger partial charge in [-0.15, -0.1) is 0 Å². The Balaban J connectivity index is 1.59. The van der Waals surface area contributed by atoms with Crippen LogP contribution in [0.2, 0.25) is 0 Å². The van der Waals surface area contributed by atoms with Gasteiger partial charge in [0.2, 0.25) is 0 Å². The minimum absolute atomic E-state index is 0.144. The summed E-state index contributed by atoms with van der Waals surface area (Å²) in [5.41, 5.74) is 2.28. The van der Waals surface area contributed by atoms with E-state index in [1.165, 1.54) is 12.2 Å². The normalized spacial score (nSPS) is 10.9. The number of carbonyl (C=O) groups is 2. The van der Waals surface area contributed by atoms with Gasteiger partial charge in [-0.05, 0) is 59.7 Å². The van der Waals surface area contributed by atoms with E-state index in [1.807, 2.05) is 54.6 Å². The van der Waals surface area contributed by atoms with Crippen LogP contribution in [0.25, 0.3) is 12.2 Å². The fourth-order valence-corrected chi connectivity index (χ4v) is 2.58. The lowest BCUT2D eigenvalue weighted by Gasteiger charge is -2.03. The molecule has 0 radical (unpaired) electrons. The Kier molecular flexibility index (Phi) is 6.74. The molecule has 29 heavy (non-hydrogen) atoms. The summed E-state index contributed by atoms with van der Waals surface area (Å²) in [5, 5.41) is 0. The van der Waals surface area contributed by atoms with Gasteiger partial charge in [-0.3, -0.25) is 4.79 Å². The molecule has 0 bridgehead atoms. The van der Waals surface area contributed by atoms with E-state index in [1.54, 1.807) is 43.5 Å². The molecule has 4 heteroatoms. The van der Waals surface area contributed by atoms with Gasteiger partial charge in [-0.1, -0.05) is 48.5 Å². The zero-order valence-corrected chi connectivity index (χ0v) is 15.9. The molecule has 3 aromatic rings. The van der Waals surface area contributed by atoms with E-state index in [4.69, 9.17) is 9.47 Å². The molecule has 0 saturated heterocycles. The molecule has 0 aliphatic rings. The van der Waals surface area contributed by atoms with Crippen molar-refractivity contribution in [3.8, 4) is 11.5 Å². The lowest BCUT2D eigenvalue weighted by atomic mass is 10.1. The molecule has 0 aromatic heterocycles. The summed E-state index contributed by atoms with van der Waals surface area (Å²) in [6.07, 6.45) is 6.28. The molecule has 0 fully saturated rings. The number of rotatable bonds is 7. The highest BCUT2D eigenvalue weighted by Gasteiger charge is 2.05. The van der Waals surface area contributed by atoms with Crippen LogP contribution < -0.4 is 9.47 Å². The molecule has 144 valence electrons. The van der Waals surface area contributed by atoms with E-state index in [9.17, 15) is 9.59 Å². The van der Waals surface area contributed by atoms with E-state index in [0.29, 0.717) is 11.3 Å². The van der Waals surface area contributed by atoms with Gasteiger partial charge in [0, 0.05) is 11.6 Å². The first-order chi connectivity index (χ1) is 14.1. The SMILES string of the molecule is COc1cccc(C=CC(=O)c2ccc(OC(=O)C=Cc3ccccc3)cc2)c1. The molecular weight excluding hydrogens is 364 g/mol. The second-order valence-electron chi connectivity index (χ2n) is 6.16. The monoisotopic (exact) mass is 384 g/mol. The lowest BCUT2D eigenvalue weighted by molar-refractivity contribution is -0.128. The van der Waals surface area contributed by atoms with Crippen LogP contribution in [0.4, 0.5) is 0 Å². The number of ether oxygens (including phenoxy) is 2. The van der Waals surface area contributed by atoms with Crippen LogP contribution in [-0.2, 0) is 4.79 Å². The number of hydrogen-bond acceptors (Lipinski definition) is 4. The zero-order valence-electron chi connectivity index (χ0n) is 15.9. The number of ketones is 1. The molecule has 3 aromatic carbocycles. The Morgan fingerprint density at radius 1 is 0.724 bits per heavy atom. The van der Waals surface area contributed by atoms with E-state index in [2.05, 4.69) is 0 Å². The highest BCUT2D eigenvalue weighted by Crippen LogP contribution is 2.16. The van der Waals surface area contributed by atoms with Crippen LogP contribution in [0.1, 0.15) is 21.5 Å². The Bertz CT molecular complexity index is 1030. The Morgan fingerprint density at radius 2 is 1.41 bits per heavy atom. The minimum atomic E-state index is -0.481. The minimum Gasteiger partial charge on any atom is -0.497 e. The molecule has 0 aliphatic carbocycles. The van der Waals surface area contributed by atoms with E-state index in [-0.39, 0.29) is 5.78 Å². The summed E-state index contributed by atoms with van der Waals surface area (Å²) in [7, 11) is 1.60. The third-order valence-corrected chi connectivity index (χ3v) is 4.09. The van der Waals surface area contributed by atoms with Crippen LogP contribution in [0.5, 0.6) is 11.5 Å². The topological polar surface area (TPSA) is 52.6 Å². The Hall–Kier alpha value is -3.92. The molecule has 0 N–H and O–H groups in total. The predicted octanol–water partition coefficient (Wildman–Crippen LogP) is 5.21. The first kappa shape index (κ1) is 19.8. The molecular formula is C25H20O4. The fourth-order valence-electron chi connectivity index (χ4n) is 2.58. The standard InChI is InChI=1S/C25H20O4/c1-28-23-9-5-8-20(18-23)10-16-24(26)21-12-14-22(15-13-21)29-25(27)17-11-19-6-3-2-4-7-19/h2-18H,1H3. The molecule has 0 atom stereocenters. The Morgan fingerprint density at radius 3 is 2.14 bits per heavy atom. The number of allylic oxidation sites excluding steroid dienone is 1. The van der Waals surface area contributed by atoms with Crippen molar-refractivity contribution in [2.75, 3.05) is 7.11 Å². The maximum Gasteiger partial charge on any atom is 0.336 e. The third kappa shape index (κ3) is 6.04. The molecule has 3 rings (SSSR count). The molecule has 0 saturated carbocycles. The summed E-state index contributed by atoms with van der Waals surface area (Å²) in [5.74, 6) is 0.480. The van der Waals surface area contributed by atoms with Gasteiger partial charge < -0.3 is 9.47 Å². The average molecular weight is 384 g/mol. The summed E-state index contributed by atoms with van der Waals surface area (Å²) >= 11 is 0. The highest BCUT2D eigenvalue weighted by molar-refractivity contribution is 6.06. The number of esters is 1. The largest absolute Gasteiger partial charge is 0.497 e. The maximum atomic E-state index is 12.3. The summed E-state index contributed by atoms with van der Waals surface area (Å²) in [6, 6.07) is 23.4. The van der Waals surface area contributed by atoms with Crippen LogP contribution in [0.3, 0.4) is 0 Å². The van der Waals surface area contributed by atoms with E-state index < -0.39 is 5.97 Å². The first-order valence-corrected chi connectivity index (χ1v) is 9.05. The number of carbonyl (C=O) groups excluding carboxylic acids is 2. The second kappa shape index (κ2) is 9.85. The van der Waals surface area contributed by atoms with E-state index >= 15 is 0 Å².